The van der Waals surface area contributed by atoms with E-state index in [9.17, 15) is 4.79 Å². The lowest BCUT2D eigenvalue weighted by atomic mass is 10.0. The van der Waals surface area contributed by atoms with Crippen LogP contribution in [0.5, 0.6) is 0 Å². The lowest BCUT2D eigenvalue weighted by Gasteiger charge is -2.10. The fourth-order valence-electron chi connectivity index (χ4n) is 2.70. The third kappa shape index (κ3) is 3.25. The van der Waals surface area contributed by atoms with Crippen molar-refractivity contribution in [3.8, 4) is 11.3 Å². The number of carbonyl (C=O) groups is 1. The minimum atomic E-state index is -0.180. The van der Waals surface area contributed by atoms with Gasteiger partial charge >= 0.3 is 0 Å². The Bertz CT molecular complexity index is 1080. The van der Waals surface area contributed by atoms with Crippen LogP contribution >= 0.6 is 11.3 Å². The summed E-state index contributed by atoms with van der Waals surface area (Å²) in [6.07, 6.45) is 3.44. The number of nitrogens with zero attached hydrogens (tertiary/aromatic N) is 3. The van der Waals surface area contributed by atoms with Crippen LogP contribution in [0.4, 0.5) is 5.13 Å². The maximum atomic E-state index is 12.8. The zero-order valence-electron chi connectivity index (χ0n) is 13.7. The first kappa shape index (κ1) is 16.2. The normalized spacial score (nSPS) is 10.8. The highest BCUT2D eigenvalue weighted by Gasteiger charge is 2.14. The number of anilines is 1. The topological polar surface area (TPSA) is 93.8 Å². The highest BCUT2D eigenvalue weighted by atomic mass is 32.1. The molecule has 0 aliphatic heterocycles. The van der Waals surface area contributed by atoms with Gasteiger partial charge in [-0.25, -0.2) is 9.97 Å². The van der Waals surface area contributed by atoms with Gasteiger partial charge in [-0.1, -0.05) is 18.2 Å². The van der Waals surface area contributed by atoms with E-state index in [1.54, 1.807) is 18.5 Å². The molecule has 128 valence electrons. The molecule has 0 unspecified atom stereocenters. The lowest BCUT2D eigenvalue weighted by molar-refractivity contribution is 0.0952. The number of nitrogens with one attached hydrogen (secondary N) is 1. The Kier molecular flexibility index (Phi) is 4.28. The van der Waals surface area contributed by atoms with Gasteiger partial charge < -0.3 is 11.1 Å². The summed E-state index contributed by atoms with van der Waals surface area (Å²) < 4.78 is 0. The number of hydrogen-bond acceptors (Lipinski definition) is 6. The average Bonchev–Trinajstić information content (AvgIpc) is 3.11. The van der Waals surface area contributed by atoms with Gasteiger partial charge in [-0.3, -0.25) is 9.78 Å². The van der Waals surface area contributed by atoms with Crippen LogP contribution in [0, 0.1) is 0 Å². The van der Waals surface area contributed by atoms with Crippen molar-refractivity contribution in [3.63, 3.8) is 0 Å². The molecular weight excluding hydrogens is 346 g/mol. The number of para-hydroxylation sites is 1. The molecule has 0 aliphatic rings. The van der Waals surface area contributed by atoms with E-state index < -0.39 is 0 Å². The molecule has 26 heavy (non-hydrogen) atoms. The second-order valence-corrected chi connectivity index (χ2v) is 6.56. The van der Waals surface area contributed by atoms with Crippen LogP contribution in [0.2, 0.25) is 0 Å². The first-order valence-electron chi connectivity index (χ1n) is 7.99. The lowest BCUT2D eigenvalue weighted by Crippen LogP contribution is -2.23. The molecule has 4 aromatic rings. The van der Waals surface area contributed by atoms with Crippen molar-refractivity contribution in [2.45, 2.75) is 6.54 Å². The molecule has 0 atom stereocenters. The molecular formula is C19H15N5OS. The molecule has 0 aliphatic carbocycles. The molecule has 0 saturated heterocycles. The minimum Gasteiger partial charge on any atom is -0.375 e. The van der Waals surface area contributed by atoms with Crippen LogP contribution < -0.4 is 11.1 Å². The molecule has 1 amide bonds. The Morgan fingerprint density at radius 3 is 2.81 bits per heavy atom. The second kappa shape index (κ2) is 6.89. The van der Waals surface area contributed by atoms with Crippen LogP contribution in [0.3, 0.4) is 0 Å². The summed E-state index contributed by atoms with van der Waals surface area (Å²) in [7, 11) is 0. The molecule has 3 heterocycles. The van der Waals surface area contributed by atoms with Gasteiger partial charge in [-0.15, -0.1) is 11.3 Å². The van der Waals surface area contributed by atoms with E-state index in [-0.39, 0.29) is 5.91 Å². The van der Waals surface area contributed by atoms with Crippen LogP contribution in [-0.2, 0) is 6.54 Å². The van der Waals surface area contributed by atoms with Crippen LogP contribution in [0.1, 0.15) is 16.1 Å². The van der Waals surface area contributed by atoms with Crippen molar-refractivity contribution in [1.29, 1.82) is 0 Å². The van der Waals surface area contributed by atoms with E-state index in [2.05, 4.69) is 20.3 Å². The molecule has 0 fully saturated rings. The Hall–Kier alpha value is -3.32. The Morgan fingerprint density at radius 1 is 1.15 bits per heavy atom. The predicted octanol–water partition coefficient (Wildman–Crippen LogP) is 3.27. The average molecular weight is 361 g/mol. The smallest absolute Gasteiger partial charge is 0.252 e. The van der Waals surface area contributed by atoms with Crippen molar-refractivity contribution >= 4 is 33.3 Å². The quantitative estimate of drug-likeness (QED) is 0.582. The van der Waals surface area contributed by atoms with Gasteiger partial charge in [-0.2, -0.15) is 0 Å². The first-order chi connectivity index (χ1) is 12.7. The molecule has 3 aromatic heterocycles. The number of aromatic nitrogens is 3. The summed E-state index contributed by atoms with van der Waals surface area (Å²) in [5, 5.41) is 6.03. The number of rotatable bonds is 4. The summed E-state index contributed by atoms with van der Waals surface area (Å²) in [6, 6.07) is 13.2. The van der Waals surface area contributed by atoms with Crippen molar-refractivity contribution in [1.82, 2.24) is 20.3 Å². The zero-order valence-corrected chi connectivity index (χ0v) is 14.5. The van der Waals surface area contributed by atoms with Gasteiger partial charge in [0.2, 0.25) is 0 Å². The van der Waals surface area contributed by atoms with E-state index in [0.29, 0.717) is 22.9 Å². The zero-order chi connectivity index (χ0) is 17.9. The number of pyridine rings is 2. The monoisotopic (exact) mass is 361 g/mol. The summed E-state index contributed by atoms with van der Waals surface area (Å²) in [6.45, 7) is 0.325. The Morgan fingerprint density at radius 2 is 2.04 bits per heavy atom. The number of amides is 1. The maximum Gasteiger partial charge on any atom is 0.252 e. The molecule has 7 heteroatoms. The van der Waals surface area contributed by atoms with Crippen molar-refractivity contribution in [2.75, 3.05) is 5.73 Å². The molecule has 3 N–H and O–H groups in total. The molecule has 0 radical (unpaired) electrons. The molecule has 4 rings (SSSR count). The molecule has 0 spiro atoms. The number of hydrogen-bond donors (Lipinski definition) is 2. The molecule has 0 bridgehead atoms. The van der Waals surface area contributed by atoms with E-state index >= 15 is 0 Å². The summed E-state index contributed by atoms with van der Waals surface area (Å²) in [5.41, 5.74) is 9.27. The molecule has 1 aromatic carbocycles. The highest BCUT2D eigenvalue weighted by molar-refractivity contribution is 7.13. The van der Waals surface area contributed by atoms with Gasteiger partial charge in [0.15, 0.2) is 5.13 Å². The third-order valence-electron chi connectivity index (χ3n) is 3.92. The predicted molar refractivity (Wildman–Crippen MR) is 103 cm³/mol. The Labute approximate surface area is 153 Å². The van der Waals surface area contributed by atoms with Crippen LogP contribution in [0.15, 0.2) is 60.2 Å². The molecule has 6 nitrogen and oxygen atoms in total. The first-order valence-corrected chi connectivity index (χ1v) is 8.87. The highest BCUT2D eigenvalue weighted by Crippen LogP contribution is 2.24. The number of nitrogens with two attached hydrogens (primary N) is 1. The summed E-state index contributed by atoms with van der Waals surface area (Å²) in [4.78, 5) is 25.8. The summed E-state index contributed by atoms with van der Waals surface area (Å²) in [5.74, 6) is -0.180. The van der Waals surface area contributed by atoms with Gasteiger partial charge in [-0.05, 0) is 24.3 Å². The minimum absolute atomic E-state index is 0.180. The van der Waals surface area contributed by atoms with Crippen LogP contribution in [0.25, 0.3) is 22.2 Å². The largest absolute Gasteiger partial charge is 0.375 e. The standard InChI is InChI=1S/C19H15N5OS/c20-19-23-13(11-26-19)10-22-18(25)15-8-17(12-4-3-7-21-9-12)24-16-6-2-1-5-14(15)16/h1-9,11H,10H2,(H2,20,23)(H,22,25). The number of benzene rings is 1. The van der Waals surface area contributed by atoms with E-state index in [4.69, 9.17) is 5.73 Å². The summed E-state index contributed by atoms with van der Waals surface area (Å²) >= 11 is 1.35. The van der Waals surface area contributed by atoms with Crippen LogP contribution in [-0.4, -0.2) is 20.9 Å². The van der Waals surface area contributed by atoms with E-state index in [1.807, 2.05) is 41.8 Å². The third-order valence-corrected chi connectivity index (χ3v) is 4.64. The fourth-order valence-corrected chi connectivity index (χ4v) is 3.26. The van der Waals surface area contributed by atoms with E-state index in [1.165, 1.54) is 11.3 Å². The SMILES string of the molecule is Nc1nc(CNC(=O)c2cc(-c3cccnc3)nc3ccccc23)cs1. The van der Waals surface area contributed by atoms with Gasteiger partial charge in [0.1, 0.15) is 0 Å². The molecule has 0 saturated carbocycles. The van der Waals surface area contributed by atoms with Crippen molar-refractivity contribution < 1.29 is 4.79 Å². The Balaban J connectivity index is 1.71. The second-order valence-electron chi connectivity index (χ2n) is 5.67. The number of carbonyl (C=O) groups excluding carboxylic acids is 1. The number of nitrogen functional groups attached to an aromatic ring is 1. The van der Waals surface area contributed by atoms with Gasteiger partial charge in [0.25, 0.3) is 5.91 Å². The fraction of sp³-hybridized carbons (Fsp3) is 0.0526. The van der Waals surface area contributed by atoms with Crippen molar-refractivity contribution in [2.24, 2.45) is 0 Å². The number of fused-ring (bicyclic) bond motifs is 1. The van der Waals surface area contributed by atoms with E-state index in [0.717, 1.165) is 22.2 Å². The maximum absolute atomic E-state index is 12.8. The number of thiazole rings is 1. The van der Waals surface area contributed by atoms with Crippen molar-refractivity contribution in [3.05, 3.63) is 71.5 Å². The van der Waals surface area contributed by atoms with Gasteiger partial charge in [0, 0.05) is 28.7 Å². The van der Waals surface area contributed by atoms with Gasteiger partial charge in [0.05, 0.1) is 29.0 Å².